The van der Waals surface area contributed by atoms with Gasteiger partial charge < -0.3 is 0 Å². The summed E-state index contributed by atoms with van der Waals surface area (Å²) in [6, 6.07) is 7.04. The summed E-state index contributed by atoms with van der Waals surface area (Å²) < 4.78 is 13.0. The van der Waals surface area contributed by atoms with E-state index in [0.717, 1.165) is 5.39 Å². The third-order valence-electron chi connectivity index (χ3n) is 1.88. The van der Waals surface area contributed by atoms with Gasteiger partial charge in [0, 0.05) is 17.6 Å². The maximum atomic E-state index is 13.0. The summed E-state index contributed by atoms with van der Waals surface area (Å²) in [4.78, 5) is 4.04. The third-order valence-corrected chi connectivity index (χ3v) is 1.88. The quantitative estimate of drug-likeness (QED) is 0.578. The van der Waals surface area contributed by atoms with Crippen molar-refractivity contribution in [1.29, 1.82) is 0 Å². The van der Waals surface area contributed by atoms with Crippen molar-refractivity contribution < 1.29 is 4.39 Å². The first kappa shape index (κ1) is 7.22. The number of pyridine rings is 1. The van der Waals surface area contributed by atoms with Gasteiger partial charge in [-0.05, 0) is 24.6 Å². The Hall–Kier alpha value is -1.44. The van der Waals surface area contributed by atoms with Crippen molar-refractivity contribution in [2.24, 2.45) is 0 Å². The molecule has 0 atom stereocenters. The average molecular weight is 161 g/mol. The highest BCUT2D eigenvalue weighted by Gasteiger charge is 1.99. The van der Waals surface area contributed by atoms with Gasteiger partial charge in [-0.3, -0.25) is 4.98 Å². The van der Waals surface area contributed by atoms with Crippen molar-refractivity contribution in [3.63, 3.8) is 0 Å². The Labute approximate surface area is 69.9 Å². The minimum Gasteiger partial charge on any atom is -0.256 e. The lowest BCUT2D eigenvalue weighted by atomic mass is 10.1. The van der Waals surface area contributed by atoms with Crippen molar-refractivity contribution >= 4 is 10.9 Å². The molecule has 0 fully saturated rings. The molecule has 60 valence electrons. The van der Waals surface area contributed by atoms with Crippen molar-refractivity contribution in [2.45, 2.75) is 6.92 Å². The van der Waals surface area contributed by atoms with E-state index in [9.17, 15) is 4.39 Å². The van der Waals surface area contributed by atoms with Crippen LogP contribution < -0.4 is 0 Å². The van der Waals surface area contributed by atoms with E-state index in [0.29, 0.717) is 11.1 Å². The number of hydrogen-bond acceptors (Lipinski definition) is 1. The number of fused-ring (bicyclic) bond motifs is 1. The van der Waals surface area contributed by atoms with E-state index in [1.165, 1.54) is 6.07 Å². The number of rotatable bonds is 0. The third kappa shape index (κ3) is 1.05. The number of benzene rings is 1. The Kier molecular flexibility index (Phi) is 1.54. The summed E-state index contributed by atoms with van der Waals surface area (Å²) in [7, 11) is 0. The van der Waals surface area contributed by atoms with Gasteiger partial charge in [0.2, 0.25) is 0 Å². The second-order valence-electron chi connectivity index (χ2n) is 2.80. The number of aryl methyl sites for hydroxylation is 1. The van der Waals surface area contributed by atoms with Gasteiger partial charge >= 0.3 is 0 Å². The minimum atomic E-state index is -0.193. The first-order valence-corrected chi connectivity index (χ1v) is 3.78. The summed E-state index contributed by atoms with van der Waals surface area (Å²) >= 11 is 0. The second-order valence-corrected chi connectivity index (χ2v) is 2.80. The fraction of sp³-hybridized carbons (Fsp3) is 0.100. The van der Waals surface area contributed by atoms with Gasteiger partial charge in [0.1, 0.15) is 5.82 Å². The summed E-state index contributed by atoms with van der Waals surface area (Å²) in [5.74, 6) is -0.193. The zero-order valence-corrected chi connectivity index (χ0v) is 6.71. The zero-order chi connectivity index (χ0) is 8.55. The fourth-order valence-corrected chi connectivity index (χ4v) is 1.21. The van der Waals surface area contributed by atoms with Gasteiger partial charge in [0.15, 0.2) is 0 Å². The van der Waals surface area contributed by atoms with Crippen LogP contribution in [0.4, 0.5) is 4.39 Å². The van der Waals surface area contributed by atoms with Gasteiger partial charge in [-0.15, -0.1) is 0 Å². The van der Waals surface area contributed by atoms with Crippen LogP contribution in [0.25, 0.3) is 10.9 Å². The summed E-state index contributed by atoms with van der Waals surface area (Å²) in [5.41, 5.74) is 1.37. The van der Waals surface area contributed by atoms with Crippen LogP contribution in [-0.2, 0) is 0 Å². The summed E-state index contributed by atoms with van der Waals surface area (Å²) in [5, 5.41) is 0.983. The Morgan fingerprint density at radius 1 is 1.33 bits per heavy atom. The van der Waals surface area contributed by atoms with Crippen LogP contribution in [0.2, 0.25) is 0 Å². The van der Waals surface area contributed by atoms with E-state index in [1.54, 1.807) is 19.2 Å². The molecule has 2 aromatic rings. The maximum absolute atomic E-state index is 13.0. The Morgan fingerprint density at radius 3 is 3.00 bits per heavy atom. The highest BCUT2D eigenvalue weighted by Crippen LogP contribution is 2.15. The summed E-state index contributed by atoms with van der Waals surface area (Å²) in [6.07, 6.45) is 1.66. The van der Waals surface area contributed by atoms with E-state index < -0.39 is 0 Å². The van der Waals surface area contributed by atoms with Crippen molar-refractivity contribution in [3.05, 3.63) is 41.8 Å². The second kappa shape index (κ2) is 2.55. The topological polar surface area (TPSA) is 12.9 Å². The molecule has 2 heteroatoms. The molecule has 0 radical (unpaired) electrons. The molecule has 0 saturated heterocycles. The van der Waals surface area contributed by atoms with Gasteiger partial charge in [0.25, 0.3) is 0 Å². The molecule has 1 aromatic carbocycles. The lowest BCUT2D eigenvalue weighted by Gasteiger charge is -1.98. The highest BCUT2D eigenvalue weighted by molar-refractivity contribution is 5.78. The van der Waals surface area contributed by atoms with E-state index in [2.05, 4.69) is 4.98 Å². The molecule has 2 rings (SSSR count). The monoisotopic (exact) mass is 161 g/mol. The molecule has 0 amide bonds. The van der Waals surface area contributed by atoms with Crippen molar-refractivity contribution in [2.75, 3.05) is 0 Å². The Morgan fingerprint density at radius 2 is 2.17 bits per heavy atom. The lowest BCUT2D eigenvalue weighted by molar-refractivity contribution is 0.620. The minimum absolute atomic E-state index is 0.193. The maximum Gasteiger partial charge on any atom is 0.128 e. The van der Waals surface area contributed by atoms with E-state index >= 15 is 0 Å². The Balaban J connectivity index is 2.84. The van der Waals surface area contributed by atoms with Gasteiger partial charge in [0.05, 0.1) is 5.52 Å². The first-order chi connectivity index (χ1) is 5.77. The number of nitrogens with zero attached hydrogens (tertiary/aromatic N) is 1. The molecule has 0 aliphatic rings. The van der Waals surface area contributed by atoms with E-state index in [4.69, 9.17) is 0 Å². The van der Waals surface area contributed by atoms with E-state index in [-0.39, 0.29) is 5.82 Å². The van der Waals surface area contributed by atoms with Gasteiger partial charge in [-0.1, -0.05) is 6.07 Å². The molecule has 0 aliphatic heterocycles. The largest absolute Gasteiger partial charge is 0.256 e. The van der Waals surface area contributed by atoms with Crippen LogP contribution in [0.1, 0.15) is 5.56 Å². The molecule has 0 spiro atoms. The SMILES string of the molecule is Cc1cc2cccnc2cc1F. The molecular weight excluding hydrogens is 153 g/mol. The van der Waals surface area contributed by atoms with Crippen molar-refractivity contribution in [3.8, 4) is 0 Å². The fourth-order valence-electron chi connectivity index (χ4n) is 1.21. The first-order valence-electron chi connectivity index (χ1n) is 3.78. The van der Waals surface area contributed by atoms with Crippen LogP contribution >= 0.6 is 0 Å². The van der Waals surface area contributed by atoms with Crippen LogP contribution in [0.3, 0.4) is 0 Å². The lowest BCUT2D eigenvalue weighted by Crippen LogP contribution is -1.84. The van der Waals surface area contributed by atoms with Crippen LogP contribution in [0.5, 0.6) is 0 Å². The predicted octanol–water partition coefficient (Wildman–Crippen LogP) is 2.68. The number of hydrogen-bond donors (Lipinski definition) is 0. The average Bonchev–Trinajstić information content (AvgIpc) is 2.07. The van der Waals surface area contributed by atoms with Crippen LogP contribution in [-0.4, -0.2) is 4.98 Å². The summed E-state index contributed by atoms with van der Waals surface area (Å²) in [6.45, 7) is 1.75. The normalized spacial score (nSPS) is 10.5. The van der Waals surface area contributed by atoms with Crippen LogP contribution in [0, 0.1) is 12.7 Å². The highest BCUT2D eigenvalue weighted by atomic mass is 19.1. The standard InChI is InChI=1S/C10H8FN/c1-7-5-8-3-2-4-12-10(8)6-9(7)11/h2-6H,1H3. The predicted molar refractivity (Wildman–Crippen MR) is 46.4 cm³/mol. The molecule has 0 saturated carbocycles. The molecule has 0 N–H and O–H groups in total. The molecule has 0 aliphatic carbocycles. The zero-order valence-electron chi connectivity index (χ0n) is 6.71. The van der Waals surface area contributed by atoms with Gasteiger partial charge in [-0.25, -0.2) is 4.39 Å². The van der Waals surface area contributed by atoms with Crippen LogP contribution in [0.15, 0.2) is 30.5 Å². The van der Waals surface area contributed by atoms with Crippen molar-refractivity contribution in [1.82, 2.24) is 4.98 Å². The molecule has 12 heavy (non-hydrogen) atoms. The molecule has 0 unspecified atom stereocenters. The van der Waals surface area contributed by atoms with Gasteiger partial charge in [-0.2, -0.15) is 0 Å². The number of halogens is 1. The Bertz CT molecular complexity index is 383. The van der Waals surface area contributed by atoms with E-state index in [1.807, 2.05) is 12.1 Å². The molecular formula is C10H8FN. The molecule has 0 bridgehead atoms. The molecule has 1 heterocycles. The molecule has 1 nitrogen and oxygen atoms in total. The molecule has 1 aromatic heterocycles. The smallest absolute Gasteiger partial charge is 0.128 e. The number of aromatic nitrogens is 1.